The lowest BCUT2D eigenvalue weighted by Crippen LogP contribution is -2.19. The zero-order chi connectivity index (χ0) is 17.5. The predicted octanol–water partition coefficient (Wildman–Crippen LogP) is 4.27. The number of anilines is 2. The number of nitrogens with one attached hydrogen (secondary N) is 2. The molecule has 0 spiro atoms. The maximum absolute atomic E-state index is 12.0. The number of amides is 2. The number of carbonyl (C=O) groups excluding carboxylic acids is 2. The highest BCUT2D eigenvalue weighted by Crippen LogP contribution is 2.20. The third-order valence-corrected chi connectivity index (χ3v) is 4.53. The molecule has 4 nitrogen and oxygen atoms in total. The van der Waals surface area contributed by atoms with E-state index in [0.29, 0.717) is 10.7 Å². The van der Waals surface area contributed by atoms with Gasteiger partial charge in [-0.1, -0.05) is 41.4 Å². The van der Waals surface area contributed by atoms with Crippen molar-refractivity contribution in [2.24, 2.45) is 0 Å². The van der Waals surface area contributed by atoms with E-state index in [-0.39, 0.29) is 23.3 Å². The summed E-state index contributed by atoms with van der Waals surface area (Å²) >= 11 is 7.24. The van der Waals surface area contributed by atoms with Crippen LogP contribution in [0.25, 0.3) is 0 Å². The summed E-state index contributed by atoms with van der Waals surface area (Å²) in [4.78, 5) is 23.8. The lowest BCUT2D eigenvalue weighted by atomic mass is 10.1. The molecule has 2 rings (SSSR count). The minimum Gasteiger partial charge on any atom is -0.325 e. The lowest BCUT2D eigenvalue weighted by Gasteiger charge is -2.09. The Morgan fingerprint density at radius 2 is 1.58 bits per heavy atom. The van der Waals surface area contributed by atoms with Gasteiger partial charge in [0.2, 0.25) is 11.8 Å². The van der Waals surface area contributed by atoms with Gasteiger partial charge in [0.1, 0.15) is 0 Å². The van der Waals surface area contributed by atoms with E-state index in [2.05, 4.69) is 10.6 Å². The molecular weight excluding hydrogens is 344 g/mol. The normalized spacial score (nSPS) is 10.3. The zero-order valence-electron chi connectivity index (χ0n) is 13.6. The highest BCUT2D eigenvalue weighted by Gasteiger charge is 2.09. The number of carbonyl (C=O) groups is 2. The molecule has 0 aromatic heterocycles. The summed E-state index contributed by atoms with van der Waals surface area (Å²) < 4.78 is 0. The maximum Gasteiger partial charge on any atom is 0.234 e. The summed E-state index contributed by atoms with van der Waals surface area (Å²) in [5.74, 6) is 0.0827. The molecular formula is C18H19ClN2O2S. The molecule has 0 aliphatic rings. The van der Waals surface area contributed by atoms with Crippen LogP contribution in [0.2, 0.25) is 5.02 Å². The van der Waals surface area contributed by atoms with E-state index in [1.54, 1.807) is 24.3 Å². The van der Waals surface area contributed by atoms with Crippen molar-refractivity contribution in [2.45, 2.75) is 13.8 Å². The van der Waals surface area contributed by atoms with E-state index in [1.165, 1.54) is 11.8 Å². The third kappa shape index (κ3) is 5.58. The highest BCUT2D eigenvalue weighted by molar-refractivity contribution is 8.00. The average Bonchev–Trinajstić information content (AvgIpc) is 2.52. The van der Waals surface area contributed by atoms with Crippen molar-refractivity contribution in [2.75, 3.05) is 22.1 Å². The van der Waals surface area contributed by atoms with E-state index in [0.717, 1.165) is 16.8 Å². The summed E-state index contributed by atoms with van der Waals surface area (Å²) in [6.45, 7) is 3.96. The van der Waals surface area contributed by atoms with Crippen LogP contribution in [-0.2, 0) is 9.59 Å². The van der Waals surface area contributed by atoms with Crippen molar-refractivity contribution in [3.63, 3.8) is 0 Å². The lowest BCUT2D eigenvalue weighted by molar-refractivity contribution is -0.114. The topological polar surface area (TPSA) is 58.2 Å². The summed E-state index contributed by atoms with van der Waals surface area (Å²) in [6, 6.07) is 12.9. The van der Waals surface area contributed by atoms with Gasteiger partial charge in [-0.25, -0.2) is 0 Å². The van der Waals surface area contributed by atoms with Crippen LogP contribution in [0.15, 0.2) is 42.5 Å². The summed E-state index contributed by atoms with van der Waals surface area (Å²) in [7, 11) is 0. The Morgan fingerprint density at radius 3 is 2.21 bits per heavy atom. The van der Waals surface area contributed by atoms with Crippen LogP contribution in [0.1, 0.15) is 11.1 Å². The molecule has 0 aliphatic carbocycles. The van der Waals surface area contributed by atoms with Crippen molar-refractivity contribution < 1.29 is 9.59 Å². The third-order valence-electron chi connectivity index (χ3n) is 3.27. The molecule has 0 heterocycles. The number of benzene rings is 2. The standard InChI is InChI=1S/C18H19ClN2O2S/c1-12-7-8-15(13(2)9-12)20-17(22)10-24-11-18(23)21-16-6-4-3-5-14(16)19/h3-9H,10-11H2,1-2H3,(H,20,22)(H,21,23). The molecule has 0 saturated heterocycles. The summed E-state index contributed by atoms with van der Waals surface area (Å²) in [6.07, 6.45) is 0. The van der Waals surface area contributed by atoms with Crippen LogP contribution >= 0.6 is 23.4 Å². The van der Waals surface area contributed by atoms with E-state index in [4.69, 9.17) is 11.6 Å². The zero-order valence-corrected chi connectivity index (χ0v) is 15.1. The largest absolute Gasteiger partial charge is 0.325 e. The second-order valence-electron chi connectivity index (χ2n) is 5.39. The van der Waals surface area contributed by atoms with Crippen molar-refractivity contribution in [3.8, 4) is 0 Å². The fraction of sp³-hybridized carbons (Fsp3) is 0.222. The molecule has 0 radical (unpaired) electrons. The molecule has 126 valence electrons. The van der Waals surface area contributed by atoms with Crippen molar-refractivity contribution >= 4 is 46.6 Å². The molecule has 0 fully saturated rings. The molecule has 0 saturated carbocycles. The first-order valence-corrected chi connectivity index (χ1v) is 8.98. The molecule has 2 N–H and O–H groups in total. The van der Waals surface area contributed by atoms with Gasteiger partial charge in [-0.3, -0.25) is 9.59 Å². The van der Waals surface area contributed by atoms with E-state index < -0.39 is 0 Å². The Bertz CT molecular complexity index is 750. The smallest absolute Gasteiger partial charge is 0.234 e. The van der Waals surface area contributed by atoms with Crippen LogP contribution < -0.4 is 10.6 Å². The molecule has 6 heteroatoms. The second kappa shape index (κ2) is 8.76. The van der Waals surface area contributed by atoms with Gasteiger partial charge in [-0.05, 0) is 37.6 Å². The Hall–Kier alpha value is -1.98. The number of hydrogen-bond donors (Lipinski definition) is 2. The van der Waals surface area contributed by atoms with Crippen LogP contribution in [0.4, 0.5) is 11.4 Å². The van der Waals surface area contributed by atoms with Gasteiger partial charge < -0.3 is 10.6 Å². The number of para-hydroxylation sites is 1. The Labute approximate surface area is 151 Å². The minimum atomic E-state index is -0.188. The van der Waals surface area contributed by atoms with Crippen molar-refractivity contribution in [1.82, 2.24) is 0 Å². The van der Waals surface area contributed by atoms with Crippen LogP contribution in [0, 0.1) is 13.8 Å². The van der Waals surface area contributed by atoms with Crippen LogP contribution in [0.3, 0.4) is 0 Å². The fourth-order valence-electron chi connectivity index (χ4n) is 2.13. The Balaban J connectivity index is 1.76. The summed E-state index contributed by atoms with van der Waals surface area (Å²) in [5.41, 5.74) is 3.54. The van der Waals surface area contributed by atoms with Gasteiger partial charge in [-0.2, -0.15) is 0 Å². The fourth-order valence-corrected chi connectivity index (χ4v) is 2.93. The van der Waals surface area contributed by atoms with Gasteiger partial charge in [0.15, 0.2) is 0 Å². The first-order valence-electron chi connectivity index (χ1n) is 7.45. The molecule has 2 aromatic rings. The van der Waals surface area contributed by atoms with Crippen molar-refractivity contribution in [1.29, 1.82) is 0 Å². The average molecular weight is 363 g/mol. The number of rotatable bonds is 6. The number of halogens is 1. The molecule has 0 atom stereocenters. The molecule has 2 amide bonds. The van der Waals surface area contributed by atoms with E-state index in [1.807, 2.05) is 32.0 Å². The predicted molar refractivity (Wildman–Crippen MR) is 102 cm³/mol. The van der Waals surface area contributed by atoms with Gasteiger partial charge >= 0.3 is 0 Å². The van der Waals surface area contributed by atoms with Gasteiger partial charge in [0.25, 0.3) is 0 Å². The first kappa shape index (κ1) is 18.4. The Kier molecular flexibility index (Phi) is 6.70. The molecule has 0 unspecified atom stereocenters. The van der Waals surface area contributed by atoms with Crippen molar-refractivity contribution in [3.05, 3.63) is 58.6 Å². The van der Waals surface area contributed by atoms with Crippen LogP contribution in [0.5, 0.6) is 0 Å². The molecule has 0 bridgehead atoms. The second-order valence-corrected chi connectivity index (χ2v) is 6.78. The number of aryl methyl sites for hydroxylation is 2. The Morgan fingerprint density at radius 1 is 0.958 bits per heavy atom. The van der Waals surface area contributed by atoms with Gasteiger partial charge in [0.05, 0.1) is 22.2 Å². The monoisotopic (exact) mass is 362 g/mol. The highest BCUT2D eigenvalue weighted by atomic mass is 35.5. The minimum absolute atomic E-state index is 0.127. The maximum atomic E-state index is 12.0. The molecule has 2 aromatic carbocycles. The van der Waals surface area contributed by atoms with E-state index in [9.17, 15) is 9.59 Å². The quantitative estimate of drug-likeness (QED) is 0.806. The summed E-state index contributed by atoms with van der Waals surface area (Å²) in [5, 5.41) is 6.07. The molecule has 24 heavy (non-hydrogen) atoms. The van der Waals surface area contributed by atoms with Gasteiger partial charge in [-0.15, -0.1) is 11.8 Å². The van der Waals surface area contributed by atoms with Gasteiger partial charge in [0, 0.05) is 5.69 Å². The molecule has 0 aliphatic heterocycles. The first-order chi connectivity index (χ1) is 11.5. The SMILES string of the molecule is Cc1ccc(NC(=O)CSCC(=O)Nc2ccccc2Cl)c(C)c1. The number of thioether (sulfide) groups is 1. The number of hydrogen-bond acceptors (Lipinski definition) is 3. The van der Waals surface area contributed by atoms with E-state index >= 15 is 0 Å². The van der Waals surface area contributed by atoms with Crippen LogP contribution in [-0.4, -0.2) is 23.3 Å².